The van der Waals surface area contributed by atoms with Gasteiger partial charge in [0.25, 0.3) is 0 Å². The Kier molecular flexibility index (Phi) is 6.21. The van der Waals surface area contributed by atoms with Crippen LogP contribution < -0.4 is 0 Å². The molecule has 0 saturated carbocycles. The molecule has 1 radical (unpaired) electrons. The van der Waals surface area contributed by atoms with Crippen LogP contribution in [0.5, 0.6) is 0 Å². The Morgan fingerprint density at radius 1 is 1.17 bits per heavy atom. The van der Waals surface area contributed by atoms with E-state index in [1.807, 2.05) is 24.3 Å². The number of ketones is 1. The van der Waals surface area contributed by atoms with Crippen LogP contribution in [0.25, 0.3) is 6.08 Å². The second-order valence-corrected chi connectivity index (χ2v) is 7.35. The fraction of sp³-hybridized carbons (Fsp3) is 0.391. The summed E-state index contributed by atoms with van der Waals surface area (Å²) >= 11 is 0. The lowest BCUT2D eigenvalue weighted by molar-refractivity contribution is -0.110. The molecule has 1 nitrogen and oxygen atoms in total. The average Bonchev–Trinajstić information content (AvgIpc) is 3.34. The van der Waals surface area contributed by atoms with E-state index in [1.54, 1.807) is 0 Å². The molecule has 1 heteroatoms. The van der Waals surface area contributed by atoms with Gasteiger partial charge in [0.2, 0.25) is 5.78 Å². The van der Waals surface area contributed by atoms with Crippen molar-refractivity contribution in [2.75, 3.05) is 0 Å². The van der Waals surface area contributed by atoms with Crippen molar-refractivity contribution in [1.29, 1.82) is 0 Å². The van der Waals surface area contributed by atoms with E-state index in [9.17, 15) is 4.79 Å². The molecule has 0 heterocycles. The van der Waals surface area contributed by atoms with Crippen LogP contribution in [0.1, 0.15) is 58.9 Å². The van der Waals surface area contributed by atoms with Crippen LogP contribution in [0.2, 0.25) is 0 Å². The third-order valence-electron chi connectivity index (χ3n) is 4.09. The van der Waals surface area contributed by atoms with E-state index in [4.69, 9.17) is 0 Å². The van der Waals surface area contributed by atoms with Gasteiger partial charge in [-0.2, -0.15) is 0 Å². The molecule has 1 aromatic rings. The molecule has 0 fully saturated rings. The monoisotopic (exact) mass is 319 g/mol. The Balaban J connectivity index is 1.98. The second kappa shape index (κ2) is 8.15. The molecule has 0 unspecified atom stereocenters. The number of carbonyl (C=O) groups excluding carboxylic acids is 1. The van der Waals surface area contributed by atoms with Crippen molar-refractivity contribution in [3.63, 3.8) is 0 Å². The van der Waals surface area contributed by atoms with Gasteiger partial charge in [-0.1, -0.05) is 88.1 Å². The molecular weight excluding hydrogens is 292 g/mol. The highest BCUT2D eigenvalue weighted by molar-refractivity contribution is 6.15. The minimum atomic E-state index is -0.0329. The average molecular weight is 319 g/mol. The first-order chi connectivity index (χ1) is 11.4. The zero-order chi connectivity index (χ0) is 17.6. The summed E-state index contributed by atoms with van der Waals surface area (Å²) in [6.45, 7) is 8.56. The molecule has 0 atom stereocenters. The number of benzene rings is 1. The van der Waals surface area contributed by atoms with Gasteiger partial charge >= 0.3 is 0 Å². The normalized spacial score (nSPS) is 14.7. The van der Waals surface area contributed by atoms with Crippen LogP contribution in [0.15, 0.2) is 47.6 Å². The Hall–Kier alpha value is -2.07. The zero-order valence-corrected chi connectivity index (χ0v) is 15.3. The van der Waals surface area contributed by atoms with Gasteiger partial charge in [-0.05, 0) is 29.7 Å². The van der Waals surface area contributed by atoms with E-state index in [-0.39, 0.29) is 11.2 Å². The van der Waals surface area contributed by atoms with Crippen molar-refractivity contribution in [3.8, 4) is 11.8 Å². The molecule has 1 aliphatic rings. The Morgan fingerprint density at radius 2 is 1.88 bits per heavy atom. The van der Waals surface area contributed by atoms with Crippen LogP contribution in [0.3, 0.4) is 0 Å². The Morgan fingerprint density at radius 3 is 2.46 bits per heavy atom. The molecular formula is C23H27O. The highest BCUT2D eigenvalue weighted by atomic mass is 16.1. The van der Waals surface area contributed by atoms with Gasteiger partial charge < -0.3 is 0 Å². The Labute approximate surface area is 146 Å². The SMILES string of the molecule is CCCC/C(=C\c1ccccc1)CC#CC(=O)C1=C[C]1C(C)(C)C. The first kappa shape index (κ1) is 18.3. The summed E-state index contributed by atoms with van der Waals surface area (Å²) < 4.78 is 0. The fourth-order valence-electron chi connectivity index (χ4n) is 2.62. The summed E-state index contributed by atoms with van der Waals surface area (Å²) in [6.07, 6.45) is 8.19. The molecule has 1 aliphatic carbocycles. The van der Waals surface area contributed by atoms with Gasteiger partial charge in [-0.3, -0.25) is 4.79 Å². The Bertz CT molecular complexity index is 687. The van der Waals surface area contributed by atoms with Crippen LogP contribution in [0, 0.1) is 23.2 Å². The topological polar surface area (TPSA) is 17.1 Å². The number of hydrogen-bond donors (Lipinski definition) is 0. The molecule has 0 aliphatic heterocycles. The first-order valence-electron chi connectivity index (χ1n) is 8.79. The number of allylic oxidation sites excluding steroid dienone is 3. The first-order valence-corrected chi connectivity index (χ1v) is 8.79. The van der Waals surface area contributed by atoms with E-state index in [1.165, 1.54) is 11.1 Å². The van der Waals surface area contributed by atoms with Crippen molar-refractivity contribution in [1.82, 2.24) is 0 Å². The molecule has 1 aromatic carbocycles. The molecule has 0 spiro atoms. The second-order valence-electron chi connectivity index (χ2n) is 7.35. The highest BCUT2D eigenvalue weighted by Crippen LogP contribution is 2.46. The number of unbranched alkanes of at least 4 members (excludes halogenated alkanes) is 1. The van der Waals surface area contributed by atoms with Gasteiger partial charge in [0.05, 0.1) is 0 Å². The molecule has 0 amide bonds. The van der Waals surface area contributed by atoms with Gasteiger partial charge in [0, 0.05) is 17.9 Å². The number of hydrogen-bond acceptors (Lipinski definition) is 1. The van der Waals surface area contributed by atoms with E-state index >= 15 is 0 Å². The van der Waals surface area contributed by atoms with Crippen LogP contribution in [0.4, 0.5) is 0 Å². The van der Waals surface area contributed by atoms with E-state index in [0.29, 0.717) is 6.42 Å². The maximum absolute atomic E-state index is 12.1. The van der Waals surface area contributed by atoms with Crippen molar-refractivity contribution < 1.29 is 4.79 Å². The van der Waals surface area contributed by atoms with Gasteiger partial charge in [-0.25, -0.2) is 0 Å². The predicted octanol–water partition coefficient (Wildman–Crippen LogP) is 5.78. The van der Waals surface area contributed by atoms with Crippen molar-refractivity contribution in [3.05, 3.63) is 59.0 Å². The van der Waals surface area contributed by atoms with Gasteiger partial charge in [-0.15, -0.1) is 0 Å². The summed E-state index contributed by atoms with van der Waals surface area (Å²) in [5.74, 6) is 7.02. The third kappa shape index (κ3) is 5.53. The quantitative estimate of drug-likeness (QED) is 0.479. The highest BCUT2D eigenvalue weighted by Gasteiger charge is 2.39. The summed E-state index contributed by atoms with van der Waals surface area (Å²) in [7, 11) is 0. The molecule has 0 bridgehead atoms. The summed E-state index contributed by atoms with van der Waals surface area (Å²) in [4.78, 5) is 12.1. The van der Waals surface area contributed by atoms with E-state index < -0.39 is 0 Å². The summed E-state index contributed by atoms with van der Waals surface area (Å²) in [6, 6.07) is 10.3. The van der Waals surface area contributed by atoms with E-state index in [0.717, 1.165) is 30.8 Å². The van der Waals surface area contributed by atoms with Crippen molar-refractivity contribution >= 4 is 11.9 Å². The lowest BCUT2D eigenvalue weighted by atomic mass is 9.86. The predicted molar refractivity (Wildman–Crippen MR) is 102 cm³/mol. The van der Waals surface area contributed by atoms with E-state index in [2.05, 4.69) is 57.7 Å². The van der Waals surface area contributed by atoms with Crippen molar-refractivity contribution in [2.24, 2.45) is 5.41 Å². The number of carbonyl (C=O) groups is 1. The minimum Gasteiger partial charge on any atom is -0.280 e. The molecule has 0 saturated heterocycles. The number of rotatable bonds is 6. The van der Waals surface area contributed by atoms with Crippen molar-refractivity contribution in [2.45, 2.75) is 53.4 Å². The van der Waals surface area contributed by atoms with Crippen LogP contribution in [-0.4, -0.2) is 5.78 Å². The van der Waals surface area contributed by atoms with Crippen LogP contribution in [-0.2, 0) is 4.79 Å². The molecule has 125 valence electrons. The number of Topliss-reactive ketones (excluding diaryl/α,β-unsaturated/α-hetero) is 1. The lowest BCUT2D eigenvalue weighted by Crippen LogP contribution is -2.10. The molecule has 0 N–H and O–H groups in total. The molecule has 0 aromatic heterocycles. The third-order valence-corrected chi connectivity index (χ3v) is 4.09. The summed E-state index contributed by atoms with van der Waals surface area (Å²) in [5.41, 5.74) is 3.36. The smallest absolute Gasteiger partial charge is 0.232 e. The largest absolute Gasteiger partial charge is 0.280 e. The fourth-order valence-corrected chi connectivity index (χ4v) is 2.62. The minimum absolute atomic E-state index is 0.0329. The standard InChI is InChI=1S/C23H27O/c1-5-6-11-18(16-19-12-8-7-9-13-19)14-10-15-22(24)20-17-21(20)23(2,3)4/h7-9,12-13,16-17H,5-6,11,14H2,1-4H3/b18-16+. The summed E-state index contributed by atoms with van der Waals surface area (Å²) in [5, 5.41) is 0. The molecule has 24 heavy (non-hydrogen) atoms. The molecule has 2 rings (SSSR count). The van der Waals surface area contributed by atoms with Crippen LogP contribution >= 0.6 is 0 Å². The zero-order valence-electron chi connectivity index (χ0n) is 15.3. The lowest BCUT2D eigenvalue weighted by Gasteiger charge is -2.16. The maximum Gasteiger partial charge on any atom is 0.232 e. The van der Waals surface area contributed by atoms with Gasteiger partial charge in [0.15, 0.2) is 0 Å². The van der Waals surface area contributed by atoms with Gasteiger partial charge in [0.1, 0.15) is 0 Å². The maximum atomic E-state index is 12.1.